The maximum Gasteiger partial charge on any atom is 0.0991 e. The molecule has 1 heterocycles. The number of aryl methyl sites for hydroxylation is 4. The van der Waals surface area contributed by atoms with Crippen molar-refractivity contribution in [2.24, 2.45) is 0 Å². The fourth-order valence-corrected chi connectivity index (χ4v) is 2.97. The Hall–Kier alpha value is -2.99. The minimum absolute atomic E-state index is 0.633. The van der Waals surface area contributed by atoms with Crippen LogP contribution in [0.5, 0.6) is 0 Å². The fraction of sp³-hybridized carbons (Fsp3) is 0.190. The number of hydrogen-bond donors (Lipinski definition) is 0. The number of rotatable bonds is 2. The highest BCUT2D eigenvalue weighted by molar-refractivity contribution is 5.69. The second-order valence-electron chi connectivity index (χ2n) is 6.21. The van der Waals surface area contributed by atoms with Gasteiger partial charge in [0.25, 0.3) is 0 Å². The van der Waals surface area contributed by atoms with E-state index in [0.29, 0.717) is 5.56 Å². The first-order chi connectivity index (χ1) is 11.5. The second-order valence-corrected chi connectivity index (χ2v) is 6.21. The van der Waals surface area contributed by atoms with Gasteiger partial charge < -0.3 is 0 Å². The number of nitriles is 1. The summed E-state index contributed by atoms with van der Waals surface area (Å²) in [7, 11) is 0. The molecule has 0 atom stereocenters. The van der Waals surface area contributed by atoms with Gasteiger partial charge in [-0.3, -0.25) is 4.98 Å². The smallest absolute Gasteiger partial charge is 0.0991 e. The molecular weight excluding hydrogens is 294 g/mol. The van der Waals surface area contributed by atoms with Crippen molar-refractivity contribution in [1.82, 2.24) is 9.97 Å². The van der Waals surface area contributed by atoms with Crippen LogP contribution in [0, 0.1) is 39.0 Å². The Balaban J connectivity index is 2.09. The van der Waals surface area contributed by atoms with Gasteiger partial charge in [-0.1, -0.05) is 23.3 Å². The lowest BCUT2D eigenvalue weighted by atomic mass is 10.0. The third-order valence-electron chi connectivity index (χ3n) is 4.08. The Kier molecular flexibility index (Phi) is 4.14. The molecule has 3 aromatic rings. The first-order valence-corrected chi connectivity index (χ1v) is 7.91. The predicted molar refractivity (Wildman–Crippen MR) is 96.6 cm³/mol. The van der Waals surface area contributed by atoms with Crippen LogP contribution in [-0.4, -0.2) is 9.97 Å². The van der Waals surface area contributed by atoms with Gasteiger partial charge in [0.2, 0.25) is 0 Å². The lowest BCUT2D eigenvalue weighted by Crippen LogP contribution is -1.97. The summed E-state index contributed by atoms with van der Waals surface area (Å²) in [6.07, 6.45) is 1.80. The van der Waals surface area contributed by atoms with Crippen LogP contribution in [0.2, 0.25) is 0 Å². The fourth-order valence-electron chi connectivity index (χ4n) is 2.97. The highest BCUT2D eigenvalue weighted by atomic mass is 14.8. The van der Waals surface area contributed by atoms with E-state index < -0.39 is 0 Å². The Morgan fingerprint density at radius 3 is 2.25 bits per heavy atom. The number of aromatic nitrogens is 2. The standard InChI is InChI=1S/C21H19N3/c1-13-7-14(2)9-18(8-13)21-16(4)24-20(12-23-21)19-10-17(11-22)6-5-15(19)3/h5-10,12H,1-4H3. The van der Waals surface area contributed by atoms with Crippen LogP contribution < -0.4 is 0 Å². The zero-order valence-corrected chi connectivity index (χ0v) is 14.4. The molecule has 0 radical (unpaired) electrons. The molecule has 0 saturated carbocycles. The molecule has 118 valence electrons. The van der Waals surface area contributed by atoms with E-state index in [2.05, 4.69) is 43.1 Å². The average Bonchev–Trinajstić information content (AvgIpc) is 2.54. The summed E-state index contributed by atoms with van der Waals surface area (Å²) >= 11 is 0. The van der Waals surface area contributed by atoms with Crippen LogP contribution in [0.3, 0.4) is 0 Å². The van der Waals surface area contributed by atoms with Gasteiger partial charge in [-0.2, -0.15) is 5.26 Å². The molecule has 0 aliphatic carbocycles. The molecule has 3 nitrogen and oxygen atoms in total. The molecule has 3 heteroatoms. The van der Waals surface area contributed by atoms with Crippen LogP contribution >= 0.6 is 0 Å². The van der Waals surface area contributed by atoms with E-state index in [4.69, 9.17) is 10.2 Å². The minimum Gasteiger partial charge on any atom is -0.252 e. The molecule has 0 spiro atoms. The Morgan fingerprint density at radius 2 is 1.62 bits per heavy atom. The predicted octanol–water partition coefficient (Wildman–Crippen LogP) is 4.92. The summed E-state index contributed by atoms with van der Waals surface area (Å²) in [6, 6.07) is 14.2. The van der Waals surface area contributed by atoms with E-state index in [9.17, 15) is 0 Å². The van der Waals surface area contributed by atoms with Crippen LogP contribution in [0.4, 0.5) is 0 Å². The Bertz CT molecular complexity index is 945. The largest absolute Gasteiger partial charge is 0.252 e. The van der Waals surface area contributed by atoms with Crippen molar-refractivity contribution in [3.8, 4) is 28.6 Å². The number of benzene rings is 2. The normalized spacial score (nSPS) is 10.5. The van der Waals surface area contributed by atoms with Crippen molar-refractivity contribution >= 4 is 0 Å². The molecule has 2 aromatic carbocycles. The van der Waals surface area contributed by atoms with Crippen LogP contribution in [0.15, 0.2) is 42.6 Å². The lowest BCUT2D eigenvalue weighted by molar-refractivity contribution is 1.12. The Labute approximate surface area is 142 Å². The third-order valence-corrected chi connectivity index (χ3v) is 4.08. The van der Waals surface area contributed by atoms with Gasteiger partial charge in [-0.15, -0.1) is 0 Å². The molecule has 0 fully saturated rings. The topological polar surface area (TPSA) is 49.6 Å². The van der Waals surface area contributed by atoms with Crippen molar-refractivity contribution in [2.75, 3.05) is 0 Å². The van der Waals surface area contributed by atoms with E-state index in [0.717, 1.165) is 33.8 Å². The molecule has 0 saturated heterocycles. The molecule has 0 unspecified atom stereocenters. The first-order valence-electron chi connectivity index (χ1n) is 7.91. The summed E-state index contributed by atoms with van der Waals surface area (Å²) in [5, 5.41) is 9.11. The maximum atomic E-state index is 9.11. The third kappa shape index (κ3) is 3.04. The van der Waals surface area contributed by atoms with E-state index in [-0.39, 0.29) is 0 Å². The van der Waals surface area contributed by atoms with E-state index in [1.54, 1.807) is 6.20 Å². The van der Waals surface area contributed by atoms with Gasteiger partial charge in [0.05, 0.1) is 34.9 Å². The summed E-state index contributed by atoms with van der Waals surface area (Å²) in [4.78, 5) is 9.40. The SMILES string of the molecule is Cc1cc(C)cc(-c2ncc(-c3cc(C#N)ccc3C)nc2C)c1. The molecule has 3 rings (SSSR count). The van der Waals surface area contributed by atoms with E-state index >= 15 is 0 Å². The van der Waals surface area contributed by atoms with Crippen LogP contribution in [0.25, 0.3) is 22.5 Å². The van der Waals surface area contributed by atoms with Crippen molar-refractivity contribution in [3.63, 3.8) is 0 Å². The van der Waals surface area contributed by atoms with E-state index in [1.807, 2.05) is 32.0 Å². The van der Waals surface area contributed by atoms with Gasteiger partial charge in [0, 0.05) is 11.1 Å². The molecule has 0 aliphatic rings. The lowest BCUT2D eigenvalue weighted by Gasteiger charge is -2.10. The summed E-state index contributed by atoms with van der Waals surface area (Å²) in [5.74, 6) is 0. The monoisotopic (exact) mass is 313 g/mol. The molecule has 0 bridgehead atoms. The average molecular weight is 313 g/mol. The van der Waals surface area contributed by atoms with Gasteiger partial charge in [-0.25, -0.2) is 4.98 Å². The highest BCUT2D eigenvalue weighted by Gasteiger charge is 2.11. The van der Waals surface area contributed by atoms with Gasteiger partial charge in [-0.05, 0) is 57.5 Å². The molecular formula is C21H19N3. The quantitative estimate of drug-likeness (QED) is 0.675. The molecule has 24 heavy (non-hydrogen) atoms. The highest BCUT2D eigenvalue weighted by Crippen LogP contribution is 2.27. The first kappa shape index (κ1) is 15.9. The van der Waals surface area contributed by atoms with E-state index in [1.165, 1.54) is 11.1 Å². The molecule has 0 aliphatic heterocycles. The maximum absolute atomic E-state index is 9.11. The van der Waals surface area contributed by atoms with Crippen molar-refractivity contribution in [1.29, 1.82) is 5.26 Å². The number of hydrogen-bond acceptors (Lipinski definition) is 3. The summed E-state index contributed by atoms with van der Waals surface area (Å²) in [6.45, 7) is 8.17. The second kappa shape index (κ2) is 6.25. The summed E-state index contributed by atoms with van der Waals surface area (Å²) in [5.41, 5.74) is 8.79. The molecule has 1 aromatic heterocycles. The zero-order valence-electron chi connectivity index (χ0n) is 14.4. The Morgan fingerprint density at radius 1 is 0.917 bits per heavy atom. The van der Waals surface area contributed by atoms with Crippen molar-refractivity contribution in [3.05, 3.63) is 70.5 Å². The van der Waals surface area contributed by atoms with Crippen molar-refractivity contribution < 1.29 is 0 Å². The molecule has 0 N–H and O–H groups in total. The molecule has 0 amide bonds. The van der Waals surface area contributed by atoms with Crippen LogP contribution in [-0.2, 0) is 0 Å². The zero-order chi connectivity index (χ0) is 17.3. The summed E-state index contributed by atoms with van der Waals surface area (Å²) < 4.78 is 0. The van der Waals surface area contributed by atoms with Crippen LogP contribution in [0.1, 0.15) is 27.9 Å². The van der Waals surface area contributed by atoms with Gasteiger partial charge in [0.15, 0.2) is 0 Å². The number of nitrogens with zero attached hydrogens (tertiary/aromatic N) is 3. The van der Waals surface area contributed by atoms with Gasteiger partial charge >= 0.3 is 0 Å². The van der Waals surface area contributed by atoms with Crippen molar-refractivity contribution in [2.45, 2.75) is 27.7 Å². The minimum atomic E-state index is 0.633. The van der Waals surface area contributed by atoms with Gasteiger partial charge in [0.1, 0.15) is 0 Å².